The second kappa shape index (κ2) is 4.63. The first-order valence-electron chi connectivity index (χ1n) is 6.41. The molecule has 0 bridgehead atoms. The molecule has 0 amide bonds. The molecule has 1 fully saturated rings. The van der Waals surface area contributed by atoms with Gasteiger partial charge in [-0.3, -0.25) is 0 Å². The average molecular weight is 252 g/mol. The van der Waals surface area contributed by atoms with Crippen molar-refractivity contribution in [1.29, 1.82) is 0 Å². The third-order valence-electron chi connectivity index (χ3n) is 3.64. The highest BCUT2D eigenvalue weighted by Gasteiger charge is 2.39. The minimum Gasteiger partial charge on any atom is -0.389 e. The molecule has 1 aromatic rings. The zero-order valence-corrected chi connectivity index (χ0v) is 11.3. The summed E-state index contributed by atoms with van der Waals surface area (Å²) in [6.07, 6.45) is 1.80. The molecule has 2 rings (SSSR count). The monoisotopic (exact) mass is 252 g/mol. The number of benzene rings is 1. The molecular weight excluding hydrogens is 231 g/mol. The second-order valence-electron chi connectivity index (χ2n) is 6.01. The first-order chi connectivity index (χ1) is 8.30. The molecule has 1 unspecified atom stereocenters. The molecule has 1 saturated heterocycles. The Kier molecular flexibility index (Phi) is 3.47. The van der Waals surface area contributed by atoms with E-state index in [0.717, 1.165) is 11.1 Å². The third-order valence-corrected chi connectivity index (χ3v) is 3.64. The third kappa shape index (κ3) is 3.09. The fourth-order valence-corrected chi connectivity index (χ4v) is 2.81. The Hall–Kier alpha value is -0.930. The topological polar surface area (TPSA) is 29.5 Å². The predicted molar refractivity (Wildman–Crippen MR) is 69.1 cm³/mol. The molecule has 0 spiro atoms. The van der Waals surface area contributed by atoms with Crippen LogP contribution >= 0.6 is 0 Å². The van der Waals surface area contributed by atoms with Gasteiger partial charge in [0, 0.05) is 12.8 Å². The van der Waals surface area contributed by atoms with Crippen molar-refractivity contribution in [2.45, 2.75) is 51.2 Å². The smallest absolute Gasteiger partial charge is 0.123 e. The van der Waals surface area contributed by atoms with Gasteiger partial charge in [0.05, 0.1) is 17.8 Å². The number of hydrogen-bond donors (Lipinski definition) is 1. The summed E-state index contributed by atoms with van der Waals surface area (Å²) in [4.78, 5) is 0. The number of ether oxygens (including phenoxy) is 1. The van der Waals surface area contributed by atoms with Gasteiger partial charge in [-0.2, -0.15) is 0 Å². The largest absolute Gasteiger partial charge is 0.389 e. The van der Waals surface area contributed by atoms with Crippen molar-refractivity contribution in [3.63, 3.8) is 0 Å². The maximum Gasteiger partial charge on any atom is 0.123 e. The molecule has 1 aromatic carbocycles. The SMILES string of the molecule is Cc1cc(F)ccc1CC1(O)CCOC(C)(C)C1. The van der Waals surface area contributed by atoms with Crippen LogP contribution in [0.15, 0.2) is 18.2 Å². The fourth-order valence-electron chi connectivity index (χ4n) is 2.81. The van der Waals surface area contributed by atoms with Crippen LogP contribution in [0, 0.1) is 12.7 Å². The molecule has 0 aromatic heterocycles. The Morgan fingerprint density at radius 3 is 2.72 bits per heavy atom. The summed E-state index contributed by atoms with van der Waals surface area (Å²) in [5, 5.41) is 10.7. The lowest BCUT2D eigenvalue weighted by Gasteiger charge is -2.41. The van der Waals surface area contributed by atoms with Crippen molar-refractivity contribution < 1.29 is 14.2 Å². The summed E-state index contributed by atoms with van der Waals surface area (Å²) in [6, 6.07) is 4.74. The lowest BCUT2D eigenvalue weighted by Crippen LogP contribution is -2.47. The van der Waals surface area contributed by atoms with Crippen molar-refractivity contribution >= 4 is 0 Å². The van der Waals surface area contributed by atoms with Crippen LogP contribution in [0.25, 0.3) is 0 Å². The van der Waals surface area contributed by atoms with Crippen LogP contribution in [0.2, 0.25) is 0 Å². The molecule has 0 radical (unpaired) electrons. The molecule has 1 N–H and O–H groups in total. The molecule has 1 aliphatic rings. The van der Waals surface area contributed by atoms with Crippen LogP contribution in [-0.2, 0) is 11.2 Å². The van der Waals surface area contributed by atoms with Crippen molar-refractivity contribution in [2.24, 2.45) is 0 Å². The number of aryl methyl sites for hydroxylation is 1. The molecule has 18 heavy (non-hydrogen) atoms. The highest BCUT2D eigenvalue weighted by molar-refractivity contribution is 5.28. The predicted octanol–water partition coefficient (Wildman–Crippen LogP) is 3.00. The normalized spacial score (nSPS) is 27.2. The van der Waals surface area contributed by atoms with E-state index < -0.39 is 5.60 Å². The Morgan fingerprint density at radius 2 is 2.11 bits per heavy atom. The number of halogens is 1. The van der Waals surface area contributed by atoms with E-state index in [1.165, 1.54) is 12.1 Å². The minimum atomic E-state index is -0.746. The van der Waals surface area contributed by atoms with Gasteiger partial charge in [-0.25, -0.2) is 4.39 Å². The Bertz CT molecular complexity index is 442. The van der Waals surface area contributed by atoms with Gasteiger partial charge in [-0.15, -0.1) is 0 Å². The zero-order chi connectivity index (χ0) is 13.4. The molecule has 0 saturated carbocycles. The van der Waals surface area contributed by atoms with E-state index in [1.807, 2.05) is 20.8 Å². The first kappa shape index (κ1) is 13.5. The maximum atomic E-state index is 13.1. The van der Waals surface area contributed by atoms with Crippen LogP contribution in [-0.4, -0.2) is 22.9 Å². The molecule has 1 atom stereocenters. The first-order valence-corrected chi connectivity index (χ1v) is 6.41. The Balaban J connectivity index is 2.17. The van der Waals surface area contributed by atoms with Gasteiger partial charge in [0.25, 0.3) is 0 Å². The highest BCUT2D eigenvalue weighted by Crippen LogP contribution is 2.34. The van der Waals surface area contributed by atoms with E-state index in [2.05, 4.69) is 0 Å². The maximum absolute atomic E-state index is 13.1. The van der Waals surface area contributed by atoms with E-state index in [4.69, 9.17) is 4.74 Å². The van der Waals surface area contributed by atoms with Crippen molar-refractivity contribution in [1.82, 2.24) is 0 Å². The molecule has 1 heterocycles. The summed E-state index contributed by atoms with van der Waals surface area (Å²) in [5.74, 6) is -0.226. The van der Waals surface area contributed by atoms with Crippen LogP contribution in [0.5, 0.6) is 0 Å². The average Bonchev–Trinajstić information content (AvgIpc) is 2.20. The van der Waals surface area contributed by atoms with Crippen LogP contribution in [0.3, 0.4) is 0 Å². The number of hydrogen-bond acceptors (Lipinski definition) is 2. The lowest BCUT2D eigenvalue weighted by molar-refractivity contribution is -0.143. The molecule has 2 nitrogen and oxygen atoms in total. The molecule has 1 aliphatic heterocycles. The van der Waals surface area contributed by atoms with Crippen molar-refractivity contribution in [3.8, 4) is 0 Å². The van der Waals surface area contributed by atoms with E-state index in [9.17, 15) is 9.50 Å². The number of aliphatic hydroxyl groups is 1. The summed E-state index contributed by atoms with van der Waals surface area (Å²) in [7, 11) is 0. The minimum absolute atomic E-state index is 0.226. The molecule has 100 valence electrons. The van der Waals surface area contributed by atoms with Gasteiger partial charge in [0.15, 0.2) is 0 Å². The van der Waals surface area contributed by atoms with Gasteiger partial charge < -0.3 is 9.84 Å². The summed E-state index contributed by atoms with van der Waals surface area (Å²) in [6.45, 7) is 6.44. The van der Waals surface area contributed by atoms with Gasteiger partial charge in [0.2, 0.25) is 0 Å². The van der Waals surface area contributed by atoms with Gasteiger partial charge in [0.1, 0.15) is 5.82 Å². The zero-order valence-electron chi connectivity index (χ0n) is 11.3. The van der Waals surface area contributed by atoms with Crippen LogP contribution in [0.1, 0.15) is 37.8 Å². The van der Waals surface area contributed by atoms with Gasteiger partial charge >= 0.3 is 0 Å². The standard InChI is InChI=1S/C15H21FO2/c1-11-8-13(16)5-4-12(11)9-15(17)6-7-18-14(2,3)10-15/h4-5,8,17H,6-7,9-10H2,1-3H3. The fraction of sp³-hybridized carbons (Fsp3) is 0.600. The van der Waals surface area contributed by atoms with Gasteiger partial charge in [-0.1, -0.05) is 6.07 Å². The van der Waals surface area contributed by atoms with Crippen LogP contribution in [0.4, 0.5) is 4.39 Å². The van der Waals surface area contributed by atoms with Crippen molar-refractivity contribution in [2.75, 3.05) is 6.61 Å². The lowest BCUT2D eigenvalue weighted by atomic mass is 9.79. The van der Waals surface area contributed by atoms with E-state index >= 15 is 0 Å². The quantitative estimate of drug-likeness (QED) is 0.876. The van der Waals surface area contributed by atoms with Crippen molar-refractivity contribution in [3.05, 3.63) is 35.1 Å². The summed E-state index contributed by atoms with van der Waals surface area (Å²) in [5.41, 5.74) is 0.870. The van der Waals surface area contributed by atoms with Gasteiger partial charge in [-0.05, 0) is 50.5 Å². The second-order valence-corrected chi connectivity index (χ2v) is 6.01. The molecule has 0 aliphatic carbocycles. The van der Waals surface area contributed by atoms with E-state index in [1.54, 1.807) is 6.07 Å². The highest BCUT2D eigenvalue weighted by atomic mass is 19.1. The molecular formula is C15H21FO2. The summed E-state index contributed by atoms with van der Waals surface area (Å²) >= 11 is 0. The Labute approximate surface area is 108 Å². The molecule has 3 heteroatoms. The van der Waals surface area contributed by atoms with E-state index in [0.29, 0.717) is 25.9 Å². The number of rotatable bonds is 2. The Morgan fingerprint density at radius 1 is 1.39 bits per heavy atom. The summed E-state index contributed by atoms with van der Waals surface area (Å²) < 4.78 is 18.7. The van der Waals surface area contributed by atoms with Crippen LogP contribution < -0.4 is 0 Å². The van der Waals surface area contributed by atoms with E-state index in [-0.39, 0.29) is 11.4 Å².